The van der Waals surface area contributed by atoms with Crippen molar-refractivity contribution in [1.82, 2.24) is 15.2 Å². The van der Waals surface area contributed by atoms with E-state index >= 15 is 0 Å². The molecule has 3 aromatic rings. The van der Waals surface area contributed by atoms with Crippen LogP contribution >= 0.6 is 11.3 Å². The molecule has 1 fully saturated rings. The number of hydrogen-bond acceptors (Lipinski definition) is 6. The van der Waals surface area contributed by atoms with Crippen molar-refractivity contribution in [1.29, 1.82) is 0 Å². The maximum atomic E-state index is 13.0. The van der Waals surface area contributed by atoms with Crippen LogP contribution in [-0.4, -0.2) is 47.3 Å². The molecule has 3 amide bonds. The first kappa shape index (κ1) is 23.4. The van der Waals surface area contributed by atoms with Gasteiger partial charge in [-0.2, -0.15) is 0 Å². The van der Waals surface area contributed by atoms with Crippen molar-refractivity contribution < 1.29 is 19.1 Å². The van der Waals surface area contributed by atoms with E-state index in [1.54, 1.807) is 41.7 Å². The highest BCUT2D eigenvalue weighted by Gasteiger charge is 2.34. The quantitative estimate of drug-likeness (QED) is 0.466. The summed E-state index contributed by atoms with van der Waals surface area (Å²) in [6, 6.07) is 16.6. The van der Waals surface area contributed by atoms with Crippen molar-refractivity contribution in [3.8, 4) is 5.75 Å². The van der Waals surface area contributed by atoms with Crippen molar-refractivity contribution in [2.24, 2.45) is 0 Å². The molecule has 0 radical (unpaired) electrons. The summed E-state index contributed by atoms with van der Waals surface area (Å²) in [5.74, 6) is 0.0241. The van der Waals surface area contributed by atoms with E-state index in [2.05, 4.69) is 15.6 Å². The van der Waals surface area contributed by atoms with E-state index in [-0.39, 0.29) is 36.7 Å². The number of rotatable bonds is 10. The second-order valence-corrected chi connectivity index (χ2v) is 8.88. The first-order valence-electron chi connectivity index (χ1n) is 11.0. The van der Waals surface area contributed by atoms with E-state index in [0.717, 1.165) is 18.4 Å². The highest BCUT2D eigenvalue weighted by Crippen LogP contribution is 2.28. The Labute approximate surface area is 202 Å². The van der Waals surface area contributed by atoms with Crippen LogP contribution in [0.2, 0.25) is 0 Å². The third-order valence-electron chi connectivity index (χ3n) is 5.37. The van der Waals surface area contributed by atoms with Gasteiger partial charge >= 0.3 is 0 Å². The lowest BCUT2D eigenvalue weighted by molar-refractivity contribution is -0.120. The average molecular weight is 479 g/mol. The number of thiazole rings is 1. The third-order valence-corrected chi connectivity index (χ3v) is 6.18. The molecule has 0 atom stereocenters. The number of anilines is 1. The summed E-state index contributed by atoms with van der Waals surface area (Å²) < 4.78 is 5.14. The molecule has 0 bridgehead atoms. The van der Waals surface area contributed by atoms with E-state index in [1.807, 2.05) is 30.3 Å². The average Bonchev–Trinajstić information content (AvgIpc) is 3.61. The molecular formula is C25H26N4O4S. The topological polar surface area (TPSA) is 101 Å². The van der Waals surface area contributed by atoms with E-state index in [9.17, 15) is 14.4 Å². The summed E-state index contributed by atoms with van der Waals surface area (Å²) in [4.78, 5) is 43.7. The zero-order valence-electron chi connectivity index (χ0n) is 18.8. The van der Waals surface area contributed by atoms with Gasteiger partial charge in [0.1, 0.15) is 12.3 Å². The van der Waals surface area contributed by atoms with Crippen LogP contribution in [0.1, 0.15) is 34.5 Å². The molecule has 1 heterocycles. The first-order valence-corrected chi connectivity index (χ1v) is 11.9. The number of hydrogen-bond donors (Lipinski definition) is 2. The van der Waals surface area contributed by atoms with E-state index in [1.165, 1.54) is 11.3 Å². The summed E-state index contributed by atoms with van der Waals surface area (Å²) >= 11 is 1.25. The van der Waals surface area contributed by atoms with Crippen LogP contribution in [0.3, 0.4) is 0 Å². The molecule has 8 nitrogen and oxygen atoms in total. The van der Waals surface area contributed by atoms with E-state index in [4.69, 9.17) is 4.74 Å². The normalized spacial score (nSPS) is 12.6. The zero-order valence-corrected chi connectivity index (χ0v) is 19.6. The third kappa shape index (κ3) is 6.41. The summed E-state index contributed by atoms with van der Waals surface area (Å²) in [6.07, 6.45) is 1.90. The zero-order chi connectivity index (χ0) is 23.9. The molecule has 2 N–H and O–H groups in total. The standard InChI is InChI=1S/C25H26N4O4S/c1-33-21-11-7-18(8-12-21)24(32)29(20-9-10-20)15-23(31)28-25-27-19(16-34-25)13-22(30)26-14-17-5-3-2-4-6-17/h2-8,11-12,16,20H,9-10,13-15H2,1H3,(H,26,30)(H,27,28,31). The maximum absolute atomic E-state index is 13.0. The monoisotopic (exact) mass is 478 g/mol. The molecular weight excluding hydrogens is 452 g/mol. The lowest BCUT2D eigenvalue weighted by Crippen LogP contribution is -2.39. The van der Waals surface area contributed by atoms with Crippen LogP contribution in [0.5, 0.6) is 5.75 Å². The lowest BCUT2D eigenvalue weighted by Gasteiger charge is -2.21. The highest BCUT2D eigenvalue weighted by atomic mass is 32.1. The van der Waals surface area contributed by atoms with E-state index in [0.29, 0.717) is 28.7 Å². The lowest BCUT2D eigenvalue weighted by atomic mass is 10.2. The Morgan fingerprint density at radius 2 is 1.79 bits per heavy atom. The molecule has 176 valence electrons. The Bertz CT molecular complexity index is 1140. The minimum atomic E-state index is -0.316. The van der Waals surface area contributed by atoms with Crippen LogP contribution in [0.15, 0.2) is 60.0 Å². The van der Waals surface area contributed by atoms with Gasteiger partial charge in [-0.05, 0) is 42.7 Å². The number of benzene rings is 2. The van der Waals surface area contributed by atoms with Crippen LogP contribution in [0, 0.1) is 0 Å². The van der Waals surface area contributed by atoms with Gasteiger partial charge in [-0.15, -0.1) is 11.3 Å². The van der Waals surface area contributed by atoms with Gasteiger partial charge in [0, 0.05) is 23.5 Å². The van der Waals surface area contributed by atoms with Crippen LogP contribution in [0.4, 0.5) is 5.13 Å². The first-order chi connectivity index (χ1) is 16.5. The Morgan fingerprint density at radius 3 is 2.47 bits per heavy atom. The molecule has 1 aliphatic carbocycles. The Hall–Kier alpha value is -3.72. The fourth-order valence-corrected chi connectivity index (χ4v) is 4.16. The molecule has 1 aromatic heterocycles. The van der Waals surface area contributed by atoms with Crippen LogP contribution < -0.4 is 15.4 Å². The van der Waals surface area contributed by atoms with Crippen molar-refractivity contribution in [3.05, 3.63) is 76.8 Å². The van der Waals surface area contributed by atoms with Crippen molar-refractivity contribution in [2.45, 2.75) is 31.8 Å². The number of carbonyl (C=O) groups is 3. The molecule has 9 heteroatoms. The largest absolute Gasteiger partial charge is 0.497 e. The Kier molecular flexibility index (Phi) is 7.54. The molecule has 1 aliphatic rings. The molecule has 0 unspecified atom stereocenters. The fourth-order valence-electron chi connectivity index (χ4n) is 3.43. The molecule has 0 spiro atoms. The second-order valence-electron chi connectivity index (χ2n) is 8.02. The molecule has 2 aromatic carbocycles. The predicted octanol–water partition coefficient (Wildman–Crippen LogP) is 3.25. The number of nitrogens with one attached hydrogen (secondary N) is 2. The number of amides is 3. The number of ether oxygens (including phenoxy) is 1. The van der Waals surface area contributed by atoms with Crippen molar-refractivity contribution in [3.63, 3.8) is 0 Å². The highest BCUT2D eigenvalue weighted by molar-refractivity contribution is 7.13. The maximum Gasteiger partial charge on any atom is 0.254 e. The van der Waals surface area contributed by atoms with Gasteiger partial charge in [-0.25, -0.2) is 4.98 Å². The van der Waals surface area contributed by atoms with Crippen LogP contribution in [0.25, 0.3) is 0 Å². The predicted molar refractivity (Wildman–Crippen MR) is 130 cm³/mol. The van der Waals surface area contributed by atoms with Gasteiger partial charge in [-0.1, -0.05) is 30.3 Å². The molecule has 4 rings (SSSR count). The summed E-state index contributed by atoms with van der Waals surface area (Å²) in [6.45, 7) is 0.397. The number of aromatic nitrogens is 1. The summed E-state index contributed by atoms with van der Waals surface area (Å²) in [5.41, 5.74) is 2.12. The van der Waals surface area contributed by atoms with Gasteiger partial charge in [0.2, 0.25) is 11.8 Å². The molecule has 0 saturated heterocycles. The second kappa shape index (κ2) is 10.9. The summed E-state index contributed by atoms with van der Waals surface area (Å²) in [5, 5.41) is 7.77. The van der Waals surface area contributed by atoms with Crippen molar-refractivity contribution in [2.75, 3.05) is 19.0 Å². The minimum absolute atomic E-state index is 0.0536. The van der Waals surface area contributed by atoms with Gasteiger partial charge in [0.05, 0.1) is 19.2 Å². The van der Waals surface area contributed by atoms with Crippen LogP contribution in [-0.2, 0) is 22.6 Å². The van der Waals surface area contributed by atoms with Gasteiger partial charge in [-0.3, -0.25) is 14.4 Å². The van der Waals surface area contributed by atoms with E-state index < -0.39 is 0 Å². The SMILES string of the molecule is COc1ccc(C(=O)N(CC(=O)Nc2nc(CC(=O)NCc3ccccc3)cs2)C2CC2)cc1. The fraction of sp³-hybridized carbons (Fsp3) is 0.280. The van der Waals surface area contributed by atoms with Crippen molar-refractivity contribution >= 4 is 34.2 Å². The number of nitrogens with zero attached hydrogens (tertiary/aromatic N) is 2. The van der Waals surface area contributed by atoms with Gasteiger partial charge in [0.15, 0.2) is 5.13 Å². The van der Waals surface area contributed by atoms with Gasteiger partial charge in [0.25, 0.3) is 5.91 Å². The number of carbonyl (C=O) groups excluding carboxylic acids is 3. The smallest absolute Gasteiger partial charge is 0.254 e. The summed E-state index contributed by atoms with van der Waals surface area (Å²) in [7, 11) is 1.57. The molecule has 1 saturated carbocycles. The Morgan fingerprint density at radius 1 is 1.06 bits per heavy atom. The molecule has 0 aliphatic heterocycles. The minimum Gasteiger partial charge on any atom is -0.497 e. The Balaban J connectivity index is 1.29. The van der Waals surface area contributed by atoms with Gasteiger partial charge < -0.3 is 20.3 Å². The number of methoxy groups -OCH3 is 1. The molecule has 34 heavy (non-hydrogen) atoms.